The molecule has 1 aromatic carbocycles. The fourth-order valence-corrected chi connectivity index (χ4v) is 6.18. The number of nitrogens with one attached hydrogen (secondary N) is 1. The van der Waals surface area contributed by atoms with E-state index in [1.165, 1.54) is 18.7 Å². The Morgan fingerprint density at radius 1 is 1.26 bits per heavy atom. The number of ketones is 1. The average Bonchev–Trinajstić information content (AvgIpc) is 3.39. The van der Waals surface area contributed by atoms with Crippen molar-refractivity contribution in [2.45, 2.75) is 24.9 Å². The maximum Gasteiger partial charge on any atom is 0.234 e. The summed E-state index contributed by atoms with van der Waals surface area (Å²) in [6.45, 7) is 1.49. The second-order valence-corrected chi connectivity index (χ2v) is 10.7. The van der Waals surface area contributed by atoms with Crippen LogP contribution in [0, 0.1) is 5.92 Å². The Morgan fingerprint density at radius 3 is 2.68 bits per heavy atom. The molecule has 0 saturated carbocycles. The Hall–Kier alpha value is -2.60. The van der Waals surface area contributed by atoms with Gasteiger partial charge in [-0.25, -0.2) is 8.42 Å². The van der Waals surface area contributed by atoms with Crippen molar-refractivity contribution in [3.63, 3.8) is 0 Å². The summed E-state index contributed by atoms with van der Waals surface area (Å²) in [5.41, 5.74) is 0.707. The maximum atomic E-state index is 12.5. The number of aromatic nitrogens is 3. The number of thioether (sulfide) groups is 1. The zero-order valence-electron chi connectivity index (χ0n) is 17.1. The van der Waals surface area contributed by atoms with E-state index in [9.17, 15) is 18.0 Å². The molecule has 31 heavy (non-hydrogen) atoms. The second kappa shape index (κ2) is 8.50. The van der Waals surface area contributed by atoms with E-state index in [1.54, 1.807) is 23.7 Å². The smallest absolute Gasteiger partial charge is 0.234 e. The van der Waals surface area contributed by atoms with Gasteiger partial charge in [-0.05, 0) is 25.3 Å². The highest BCUT2D eigenvalue weighted by Gasteiger charge is 2.29. The highest BCUT2D eigenvalue weighted by atomic mass is 32.2. The second-order valence-electron chi connectivity index (χ2n) is 7.58. The molecule has 0 aliphatic carbocycles. The van der Waals surface area contributed by atoms with Crippen LogP contribution in [0.4, 0.5) is 5.69 Å². The molecule has 1 saturated heterocycles. The fraction of sp³-hybridized carbons (Fsp3) is 0.474. The number of rotatable bonds is 7. The molecule has 3 heterocycles. The number of ether oxygens (including phenoxy) is 2. The monoisotopic (exact) mass is 466 g/mol. The van der Waals surface area contributed by atoms with Crippen LogP contribution in [0.1, 0.15) is 29.5 Å². The summed E-state index contributed by atoms with van der Waals surface area (Å²) in [5, 5.41) is 11.6. The summed E-state index contributed by atoms with van der Waals surface area (Å²) in [6, 6.07) is 3.14. The van der Waals surface area contributed by atoms with Crippen LogP contribution in [0.25, 0.3) is 0 Å². The van der Waals surface area contributed by atoms with Crippen LogP contribution in [0.15, 0.2) is 17.3 Å². The minimum Gasteiger partial charge on any atom is -0.454 e. The van der Waals surface area contributed by atoms with Crippen LogP contribution in [0.5, 0.6) is 11.5 Å². The minimum atomic E-state index is -2.94. The largest absolute Gasteiger partial charge is 0.454 e. The van der Waals surface area contributed by atoms with Crippen molar-refractivity contribution in [3.8, 4) is 11.5 Å². The first-order valence-electron chi connectivity index (χ1n) is 9.68. The third kappa shape index (κ3) is 4.85. The van der Waals surface area contributed by atoms with E-state index in [2.05, 4.69) is 15.5 Å². The molecule has 2 aromatic rings. The zero-order chi connectivity index (χ0) is 22.2. The van der Waals surface area contributed by atoms with Crippen LogP contribution in [-0.2, 0) is 28.1 Å². The van der Waals surface area contributed by atoms with Gasteiger partial charge in [0.25, 0.3) is 0 Å². The van der Waals surface area contributed by atoms with Crippen LogP contribution < -0.4 is 14.8 Å². The lowest BCUT2D eigenvalue weighted by Crippen LogP contribution is -2.16. The van der Waals surface area contributed by atoms with Gasteiger partial charge in [0.1, 0.15) is 5.82 Å². The van der Waals surface area contributed by atoms with Crippen molar-refractivity contribution >= 4 is 39.0 Å². The van der Waals surface area contributed by atoms with Gasteiger partial charge in [-0.1, -0.05) is 11.8 Å². The Kier molecular flexibility index (Phi) is 5.93. The molecular formula is C19H22N4O6S2. The van der Waals surface area contributed by atoms with E-state index in [0.717, 1.165) is 0 Å². The fourth-order valence-electron chi connectivity index (χ4n) is 3.59. The first-order chi connectivity index (χ1) is 14.7. The van der Waals surface area contributed by atoms with E-state index in [1.807, 2.05) is 0 Å². The van der Waals surface area contributed by atoms with Gasteiger partial charge in [0.15, 0.2) is 32.3 Å². The molecule has 10 nitrogen and oxygen atoms in total. The summed E-state index contributed by atoms with van der Waals surface area (Å²) in [5.74, 6) is 1.64. The van der Waals surface area contributed by atoms with E-state index < -0.39 is 9.84 Å². The van der Waals surface area contributed by atoms with Gasteiger partial charge in [-0.2, -0.15) is 0 Å². The summed E-state index contributed by atoms with van der Waals surface area (Å²) >= 11 is 1.21. The normalized spacial score (nSPS) is 18.8. The lowest BCUT2D eigenvalue weighted by Gasteiger charge is -2.11. The van der Waals surface area contributed by atoms with Crippen LogP contribution in [-0.4, -0.2) is 58.9 Å². The quantitative estimate of drug-likeness (QED) is 0.476. The number of amides is 1. The van der Waals surface area contributed by atoms with Gasteiger partial charge >= 0.3 is 0 Å². The van der Waals surface area contributed by atoms with E-state index in [0.29, 0.717) is 46.6 Å². The molecule has 1 amide bonds. The number of nitrogens with zero attached hydrogens (tertiary/aromatic N) is 3. The summed E-state index contributed by atoms with van der Waals surface area (Å²) in [6.07, 6.45) is 1.17. The lowest BCUT2D eigenvalue weighted by atomic mass is 10.1. The molecule has 0 radical (unpaired) electrons. The molecule has 0 unspecified atom stereocenters. The number of Topliss-reactive ketones (excluding diaryl/α,β-unsaturated/α-hetero) is 1. The molecule has 2 aliphatic heterocycles. The molecular weight excluding hydrogens is 444 g/mol. The van der Waals surface area contributed by atoms with Crippen molar-refractivity contribution in [3.05, 3.63) is 23.5 Å². The van der Waals surface area contributed by atoms with Gasteiger partial charge < -0.3 is 19.4 Å². The van der Waals surface area contributed by atoms with Crippen molar-refractivity contribution in [2.24, 2.45) is 13.0 Å². The van der Waals surface area contributed by atoms with Gasteiger partial charge in [0.2, 0.25) is 12.7 Å². The van der Waals surface area contributed by atoms with Crippen molar-refractivity contribution < 1.29 is 27.5 Å². The number of hydrogen-bond acceptors (Lipinski definition) is 9. The van der Waals surface area contributed by atoms with Crippen molar-refractivity contribution in [1.82, 2.24) is 14.8 Å². The van der Waals surface area contributed by atoms with E-state index in [-0.39, 0.29) is 41.7 Å². The van der Waals surface area contributed by atoms with Gasteiger partial charge in [-0.3, -0.25) is 9.59 Å². The molecule has 1 fully saturated rings. The van der Waals surface area contributed by atoms with Gasteiger partial charge in [-0.15, -0.1) is 10.2 Å². The molecule has 2 aliphatic rings. The van der Waals surface area contributed by atoms with Crippen molar-refractivity contribution in [2.75, 3.05) is 29.4 Å². The molecule has 166 valence electrons. The standard InChI is InChI=1S/C19H22N4O6S2/c1-11(24)13-6-15-16(29-10-28-15)7-14(13)20-18(25)8-30-19-22-21-17(23(19)2)5-12-3-4-31(26,27)9-12/h6-7,12H,3-5,8-10H2,1-2H3,(H,20,25)/t12-/m1/s1. The molecule has 0 bridgehead atoms. The number of benzene rings is 1. The zero-order valence-corrected chi connectivity index (χ0v) is 18.7. The predicted molar refractivity (Wildman–Crippen MR) is 113 cm³/mol. The van der Waals surface area contributed by atoms with E-state index >= 15 is 0 Å². The average molecular weight is 467 g/mol. The Labute approximate surface area is 183 Å². The number of fused-ring (bicyclic) bond motifs is 1. The Morgan fingerprint density at radius 2 is 2.00 bits per heavy atom. The third-order valence-electron chi connectivity index (χ3n) is 5.22. The molecule has 12 heteroatoms. The predicted octanol–water partition coefficient (Wildman–Crippen LogP) is 1.45. The third-order valence-corrected chi connectivity index (χ3v) is 8.08. The highest BCUT2D eigenvalue weighted by Crippen LogP contribution is 2.37. The maximum absolute atomic E-state index is 12.5. The number of anilines is 1. The topological polar surface area (TPSA) is 129 Å². The summed E-state index contributed by atoms with van der Waals surface area (Å²) in [4.78, 5) is 24.4. The Balaban J connectivity index is 1.38. The van der Waals surface area contributed by atoms with E-state index in [4.69, 9.17) is 9.47 Å². The van der Waals surface area contributed by atoms with Gasteiger partial charge in [0.05, 0.1) is 22.9 Å². The number of hydrogen-bond donors (Lipinski definition) is 1. The Bertz CT molecular complexity index is 1140. The number of sulfone groups is 1. The highest BCUT2D eigenvalue weighted by molar-refractivity contribution is 7.99. The molecule has 1 aromatic heterocycles. The SMILES string of the molecule is CC(=O)c1cc2c(cc1NC(=O)CSc1nnc(C[C@H]3CCS(=O)(=O)C3)n1C)OCO2. The first-order valence-corrected chi connectivity index (χ1v) is 12.5. The van der Waals surface area contributed by atoms with Gasteiger partial charge in [0, 0.05) is 25.1 Å². The number of carbonyl (C=O) groups excluding carboxylic acids is 2. The lowest BCUT2D eigenvalue weighted by molar-refractivity contribution is -0.113. The minimum absolute atomic E-state index is 0.0463. The molecule has 1 N–H and O–H groups in total. The molecule has 4 rings (SSSR count). The van der Waals surface area contributed by atoms with Crippen molar-refractivity contribution in [1.29, 1.82) is 0 Å². The van der Waals surface area contributed by atoms with Crippen LogP contribution in [0.3, 0.4) is 0 Å². The van der Waals surface area contributed by atoms with Crippen LogP contribution >= 0.6 is 11.8 Å². The first kappa shape index (κ1) is 21.6. The molecule has 1 atom stereocenters. The molecule has 0 spiro atoms. The number of carbonyl (C=O) groups is 2. The summed E-state index contributed by atoms with van der Waals surface area (Å²) < 4.78 is 35.7. The summed E-state index contributed by atoms with van der Waals surface area (Å²) in [7, 11) is -1.15. The van der Waals surface area contributed by atoms with Crippen LogP contribution in [0.2, 0.25) is 0 Å².